The van der Waals surface area contributed by atoms with E-state index in [0.29, 0.717) is 0 Å². The lowest BCUT2D eigenvalue weighted by Crippen LogP contribution is -2.50. The number of quaternary nitrogens is 4. The van der Waals surface area contributed by atoms with Gasteiger partial charge in [0.25, 0.3) is 0 Å². The maximum Gasteiger partial charge on any atom is 0.481 e. The molecule has 0 saturated carbocycles. The summed E-state index contributed by atoms with van der Waals surface area (Å²) >= 11 is 0. The van der Waals surface area contributed by atoms with Crippen LogP contribution in [0.3, 0.4) is 0 Å². The molecule has 0 rings (SSSR count). The van der Waals surface area contributed by atoms with E-state index in [-0.39, 0.29) is 11.0 Å². The zero-order chi connectivity index (χ0) is 57.8. The molecule has 0 atom stereocenters. The van der Waals surface area contributed by atoms with Crippen LogP contribution in [0.1, 0.15) is 316 Å². The summed E-state index contributed by atoms with van der Waals surface area (Å²) < 4.78 is 45.8. The van der Waals surface area contributed by atoms with E-state index in [2.05, 4.69) is 115 Å². The molecule has 11 nitrogen and oxygen atoms in total. The molecule has 77 heavy (non-hydrogen) atoms. The van der Waals surface area contributed by atoms with E-state index in [0.717, 1.165) is 0 Å². The minimum absolute atomic E-state index is 0. The van der Waals surface area contributed by atoms with Gasteiger partial charge >= 0.3 is 15.8 Å². The van der Waals surface area contributed by atoms with E-state index in [1.165, 1.54) is 328 Å². The molecule has 0 aliphatic rings. The lowest BCUT2D eigenvalue weighted by atomic mass is 10.1. The summed E-state index contributed by atoms with van der Waals surface area (Å²) in [7, 11) is -6.47. The van der Waals surface area contributed by atoms with Crippen LogP contribution in [0.25, 0.3) is 0 Å². The van der Waals surface area contributed by atoms with Crippen molar-refractivity contribution in [3.8, 4) is 0 Å². The third-order valence-corrected chi connectivity index (χ3v) is 17.0. The second kappa shape index (κ2) is 68.0. The molecule has 0 aromatic carbocycles. The molecule has 0 bridgehead atoms. The Hall–Kier alpha value is -0.480. The number of hydrogen-bond donors (Lipinski definition) is 0. The summed E-state index contributed by atoms with van der Waals surface area (Å²) in [6, 6.07) is 0. The average Bonchev–Trinajstić information content (AvgIpc) is 3.41. The van der Waals surface area contributed by atoms with Crippen LogP contribution in [0, 0.1) is 0 Å². The van der Waals surface area contributed by atoms with Crippen LogP contribution in [-0.4, -0.2) is 123 Å². The summed E-state index contributed by atoms with van der Waals surface area (Å²) in [6.45, 7) is 60.1. The number of hydrogen-bond acceptors (Lipinski definition) is 5. The molecule has 0 fully saturated rings. The van der Waals surface area contributed by atoms with Crippen LogP contribution in [0.4, 0.5) is 0 Å². The van der Waals surface area contributed by atoms with Crippen LogP contribution in [0.15, 0.2) is 0 Å². The lowest BCUT2D eigenvalue weighted by molar-refractivity contribution is -0.929. The van der Waals surface area contributed by atoms with Gasteiger partial charge in [0.2, 0.25) is 0 Å². The van der Waals surface area contributed by atoms with Crippen LogP contribution in [-0.2, 0) is 33.5 Å². The summed E-state index contributed by atoms with van der Waals surface area (Å²) in [5.74, 6) is 0. The topological polar surface area (TPSA) is 135 Å². The van der Waals surface area contributed by atoms with Crippen molar-refractivity contribution >= 4 is 15.8 Å². The average molecular weight is 1140 g/mol. The summed E-state index contributed by atoms with van der Waals surface area (Å²) in [6.07, 6.45) is 44.2. The largest absolute Gasteiger partial charge is 2.00 e. The Bertz CT molecular complexity index is 927. The second-order valence-electron chi connectivity index (χ2n) is 23.1. The van der Waals surface area contributed by atoms with E-state index in [1.807, 2.05) is 0 Å². The lowest BCUT2D eigenvalue weighted by Gasteiger charge is -2.39. The standard InChI is InChI=1S/4C16H36N.O5P2.2O/c4*1-5-9-13-17(14-10-6-2,15-11-7-3)16-12-8-4;1-6(2)5-7(3)4;;/h4*5-16H2,1-4H3;;;/q4*+1;;2*-2. The molecule has 472 valence electrons. The van der Waals surface area contributed by atoms with Gasteiger partial charge in [0.15, 0.2) is 0 Å². The first-order chi connectivity index (χ1) is 36.1. The van der Waals surface area contributed by atoms with E-state index >= 15 is 0 Å². The molecule has 0 amide bonds. The predicted molar refractivity (Wildman–Crippen MR) is 336 cm³/mol. The third-order valence-electron chi connectivity index (χ3n) is 15.9. The van der Waals surface area contributed by atoms with Crippen molar-refractivity contribution in [3.05, 3.63) is 0 Å². The third kappa shape index (κ3) is 58.5. The van der Waals surface area contributed by atoms with Gasteiger partial charge in [-0.15, -0.1) is 0 Å². The Balaban J connectivity index is -0.000000161. The fourth-order valence-electron chi connectivity index (χ4n) is 10.6. The molecule has 0 saturated heterocycles. The van der Waals surface area contributed by atoms with Gasteiger partial charge in [-0.05, 0) is 103 Å². The molecule has 0 aliphatic carbocycles. The molecule has 0 aromatic heterocycles. The summed E-state index contributed by atoms with van der Waals surface area (Å²) in [5.41, 5.74) is 0. The van der Waals surface area contributed by atoms with Gasteiger partial charge in [-0.3, -0.25) is 0 Å². The SMILES string of the molecule is CCCC[N+](CCCC)(CCCC)CCCC.CCCC[N+](CCCC)(CCCC)CCCC.CCCC[N+](CCCC)(CCCC)CCCC.CCCC[N+](CCCC)(CCCC)CCCC.O=P(=O)OP(=O)=O.[O-2].[O-2]. The fourth-order valence-corrected chi connectivity index (χ4v) is 11.1. The highest BCUT2D eigenvalue weighted by Crippen LogP contribution is 2.21. The van der Waals surface area contributed by atoms with Gasteiger partial charge in [0.05, 0.1) is 105 Å². The molecule has 0 unspecified atom stereocenters. The van der Waals surface area contributed by atoms with Crippen LogP contribution < -0.4 is 0 Å². The maximum absolute atomic E-state index is 9.24. The highest BCUT2D eigenvalue weighted by atomic mass is 31.2. The highest BCUT2D eigenvalue weighted by molar-refractivity contribution is 7.39. The van der Waals surface area contributed by atoms with E-state index in [9.17, 15) is 18.3 Å². The zero-order valence-corrected chi connectivity index (χ0v) is 57.3. The minimum atomic E-state index is -3.24. The molecule has 0 spiro atoms. The van der Waals surface area contributed by atoms with Crippen molar-refractivity contribution in [1.29, 1.82) is 0 Å². The van der Waals surface area contributed by atoms with Crippen LogP contribution in [0.5, 0.6) is 0 Å². The van der Waals surface area contributed by atoms with Gasteiger partial charge in [-0.1, -0.05) is 214 Å². The molecule has 0 aromatic rings. The highest BCUT2D eigenvalue weighted by Gasteiger charge is 2.28. The molecular formula is C64H144N4O7P2. The summed E-state index contributed by atoms with van der Waals surface area (Å²) in [4.78, 5) is 0. The second-order valence-corrected chi connectivity index (χ2v) is 24.7. The van der Waals surface area contributed by atoms with Gasteiger partial charge in [-0.2, -0.15) is 4.31 Å². The molecule has 13 heteroatoms. The van der Waals surface area contributed by atoms with Crippen molar-refractivity contribution in [3.63, 3.8) is 0 Å². The predicted octanol–water partition coefficient (Wildman–Crippen LogP) is 21.0. The fraction of sp³-hybridized carbons (Fsp3) is 1.00. The van der Waals surface area contributed by atoms with Crippen molar-refractivity contribution in [2.75, 3.05) is 105 Å². The van der Waals surface area contributed by atoms with Gasteiger partial charge in [0, 0.05) is 0 Å². The molecule has 0 N–H and O–H groups in total. The first-order valence-electron chi connectivity index (χ1n) is 33.5. The van der Waals surface area contributed by atoms with Crippen molar-refractivity contribution < 1.29 is 51.5 Å². The van der Waals surface area contributed by atoms with Crippen molar-refractivity contribution in [2.45, 2.75) is 316 Å². The van der Waals surface area contributed by atoms with Crippen LogP contribution in [0.2, 0.25) is 0 Å². The molecule has 0 aliphatic heterocycles. The normalized spacial score (nSPS) is 11.3. The molecule has 0 heterocycles. The van der Waals surface area contributed by atoms with Crippen molar-refractivity contribution in [2.24, 2.45) is 0 Å². The number of rotatable bonds is 50. The van der Waals surface area contributed by atoms with Gasteiger partial charge < -0.3 is 28.9 Å². The Labute approximate surface area is 486 Å². The minimum Gasteiger partial charge on any atom is -2.00 e. The Morgan fingerprint density at radius 3 is 0.312 bits per heavy atom. The van der Waals surface area contributed by atoms with Gasteiger partial charge in [-0.25, -0.2) is 18.3 Å². The number of nitrogens with zero attached hydrogens (tertiary/aromatic N) is 4. The Kier molecular flexibility index (Phi) is 79.8. The first kappa shape index (κ1) is 90.3. The monoisotopic (exact) mass is 1140 g/mol. The van der Waals surface area contributed by atoms with Gasteiger partial charge in [0.1, 0.15) is 0 Å². The zero-order valence-electron chi connectivity index (χ0n) is 55.5. The van der Waals surface area contributed by atoms with E-state index in [1.54, 1.807) is 0 Å². The first-order valence-corrected chi connectivity index (χ1v) is 35.7. The van der Waals surface area contributed by atoms with E-state index < -0.39 is 15.8 Å². The van der Waals surface area contributed by atoms with E-state index in [4.69, 9.17) is 0 Å². The summed E-state index contributed by atoms with van der Waals surface area (Å²) in [5, 5.41) is 0. The molecule has 0 radical (unpaired) electrons. The van der Waals surface area contributed by atoms with Crippen molar-refractivity contribution in [1.82, 2.24) is 0 Å². The maximum atomic E-state index is 9.24. The quantitative estimate of drug-likeness (QED) is 0.0442. The Morgan fingerprint density at radius 2 is 0.273 bits per heavy atom. The number of unbranched alkanes of at least 4 members (excludes halogenated alkanes) is 16. The molecular weight excluding hydrogens is 999 g/mol. The van der Waals surface area contributed by atoms with Crippen LogP contribution >= 0.6 is 15.8 Å². The smallest absolute Gasteiger partial charge is 0.481 e. The Morgan fingerprint density at radius 1 is 0.195 bits per heavy atom.